The van der Waals surface area contributed by atoms with Crippen LogP contribution in [0.1, 0.15) is 50.8 Å². The molecule has 2 rings (SSSR count). The van der Waals surface area contributed by atoms with Gasteiger partial charge in [-0.3, -0.25) is 4.79 Å². The van der Waals surface area contributed by atoms with Gasteiger partial charge in [0.2, 0.25) is 0 Å². The molecule has 2 atom stereocenters. The van der Waals surface area contributed by atoms with Crippen LogP contribution in [0.5, 0.6) is 0 Å². The van der Waals surface area contributed by atoms with Crippen molar-refractivity contribution >= 4 is 11.8 Å². The van der Waals surface area contributed by atoms with Gasteiger partial charge >= 0.3 is 5.97 Å². The van der Waals surface area contributed by atoms with E-state index in [4.69, 9.17) is 9.72 Å². The number of methoxy groups -OCH3 is 1. The lowest BCUT2D eigenvalue weighted by Crippen LogP contribution is -2.37. The summed E-state index contributed by atoms with van der Waals surface area (Å²) in [7, 11) is 1.52. The fourth-order valence-corrected chi connectivity index (χ4v) is 3.98. The Bertz CT molecular complexity index is 653. The molecule has 30 heavy (non-hydrogen) atoms. The van der Waals surface area contributed by atoms with Gasteiger partial charge in [0.15, 0.2) is 0 Å². The molecule has 1 aliphatic rings. The zero-order chi connectivity index (χ0) is 21.9. The second-order valence-corrected chi connectivity index (χ2v) is 8.59. The molecular weight excluding hydrogens is 385 g/mol. The number of hydrogen-bond acceptors (Lipinski definition) is 5. The summed E-state index contributed by atoms with van der Waals surface area (Å²) < 4.78 is 18.4. The van der Waals surface area contributed by atoms with Crippen molar-refractivity contribution in [2.24, 2.45) is 11.8 Å². The molecule has 6 nitrogen and oxygen atoms in total. The third-order valence-corrected chi connectivity index (χ3v) is 5.95. The van der Waals surface area contributed by atoms with Gasteiger partial charge in [-0.2, -0.15) is 0 Å². The minimum Gasteiger partial charge on any atom is -0.481 e. The molecule has 1 aromatic heterocycles. The number of nitrogens with one attached hydrogen (secondary N) is 1. The maximum Gasteiger partial charge on any atom is 0.306 e. The molecular formula is C23H38FN3O3. The van der Waals surface area contributed by atoms with Gasteiger partial charge in [0, 0.05) is 25.9 Å². The summed E-state index contributed by atoms with van der Waals surface area (Å²) in [6.45, 7) is 6.24. The molecule has 0 fully saturated rings. The van der Waals surface area contributed by atoms with E-state index in [9.17, 15) is 14.3 Å². The average molecular weight is 424 g/mol. The van der Waals surface area contributed by atoms with E-state index in [1.807, 2.05) is 13.8 Å². The van der Waals surface area contributed by atoms with Crippen LogP contribution < -0.4 is 5.32 Å². The van der Waals surface area contributed by atoms with Gasteiger partial charge < -0.3 is 20.1 Å². The predicted molar refractivity (Wildman–Crippen MR) is 118 cm³/mol. The number of carbonyl (C=O) groups is 1. The minimum atomic E-state index is -0.758. The van der Waals surface area contributed by atoms with Crippen LogP contribution in [-0.4, -0.2) is 67.0 Å². The molecule has 1 aromatic rings. The third-order valence-electron chi connectivity index (χ3n) is 5.95. The quantitative estimate of drug-likeness (QED) is 0.444. The van der Waals surface area contributed by atoms with Gasteiger partial charge in [-0.15, -0.1) is 0 Å². The summed E-state index contributed by atoms with van der Waals surface area (Å²) >= 11 is 0. The lowest BCUT2D eigenvalue weighted by Gasteiger charge is -2.27. The number of unbranched alkanes of at least 4 members (excludes halogenated alkanes) is 1. The van der Waals surface area contributed by atoms with E-state index in [1.165, 1.54) is 12.7 Å². The average Bonchev–Trinajstić information content (AvgIpc) is 2.73. The predicted octanol–water partition coefficient (Wildman–Crippen LogP) is 3.80. The smallest absolute Gasteiger partial charge is 0.306 e. The van der Waals surface area contributed by atoms with Crippen molar-refractivity contribution in [1.82, 2.24) is 9.88 Å². The van der Waals surface area contributed by atoms with Crippen molar-refractivity contribution in [2.75, 3.05) is 45.3 Å². The Labute approximate surface area is 180 Å². The number of anilines is 1. The van der Waals surface area contributed by atoms with Gasteiger partial charge in [0.25, 0.3) is 0 Å². The zero-order valence-electron chi connectivity index (χ0n) is 18.7. The molecule has 2 heterocycles. The first-order chi connectivity index (χ1) is 14.4. The highest BCUT2D eigenvalue weighted by molar-refractivity contribution is 5.70. The molecule has 0 aromatic carbocycles. The lowest BCUT2D eigenvalue weighted by molar-refractivity contribution is -0.143. The number of ether oxygens (including phenoxy) is 1. The Kier molecular flexibility index (Phi) is 10.5. The van der Waals surface area contributed by atoms with Gasteiger partial charge in [0.1, 0.15) is 12.5 Å². The molecule has 0 amide bonds. The second kappa shape index (κ2) is 12.8. The summed E-state index contributed by atoms with van der Waals surface area (Å²) in [5.41, 5.74) is 2.39. The number of nitrogens with zero attached hydrogens (tertiary/aromatic N) is 2. The minimum absolute atomic E-state index is 0.0763. The van der Waals surface area contributed by atoms with Crippen LogP contribution in [0.4, 0.5) is 10.2 Å². The number of rotatable bonds is 14. The Morgan fingerprint density at radius 3 is 2.80 bits per heavy atom. The van der Waals surface area contributed by atoms with Crippen LogP contribution in [0.25, 0.3) is 0 Å². The summed E-state index contributed by atoms with van der Waals surface area (Å²) in [5.74, 6) is -0.0380. The summed E-state index contributed by atoms with van der Waals surface area (Å²) in [4.78, 5) is 18.4. The number of hydrogen-bond donors (Lipinski definition) is 2. The van der Waals surface area contributed by atoms with Gasteiger partial charge in [-0.05, 0) is 69.2 Å². The topological polar surface area (TPSA) is 74.7 Å². The fraction of sp³-hybridized carbons (Fsp3) is 0.739. The Morgan fingerprint density at radius 1 is 1.33 bits per heavy atom. The van der Waals surface area contributed by atoms with Crippen LogP contribution >= 0.6 is 0 Å². The number of carboxylic acids is 1. The highest BCUT2D eigenvalue weighted by atomic mass is 19.1. The Hall–Kier alpha value is -1.73. The van der Waals surface area contributed by atoms with Crippen molar-refractivity contribution in [3.63, 3.8) is 0 Å². The largest absolute Gasteiger partial charge is 0.481 e. The van der Waals surface area contributed by atoms with E-state index in [0.29, 0.717) is 19.5 Å². The standard InChI is InChI=1S/C23H38FN3O3/c1-17(2)21(23(28)29)11-14-27(16-20(15-24)30-3)13-5-4-8-19-10-9-18-7-6-12-25-22(18)26-19/h9-10,17,20-21H,4-8,11-16H2,1-3H3,(H,25,26)(H,28,29). The SMILES string of the molecule is COC(CF)CN(CCCCc1ccc2c(n1)NCCC2)CCC(C(=O)O)C(C)C. The van der Waals surface area contributed by atoms with Crippen LogP contribution in [0, 0.1) is 11.8 Å². The molecule has 0 saturated heterocycles. The molecule has 0 spiro atoms. The van der Waals surface area contributed by atoms with E-state index in [1.54, 1.807) is 0 Å². The third kappa shape index (κ3) is 7.84. The number of fused-ring (bicyclic) bond motifs is 1. The molecule has 2 N–H and O–H groups in total. The number of carboxylic acid groups (broad SMARTS) is 1. The molecule has 0 aliphatic carbocycles. The van der Waals surface area contributed by atoms with Gasteiger partial charge in [0.05, 0.1) is 12.0 Å². The van der Waals surface area contributed by atoms with Crippen molar-refractivity contribution in [1.29, 1.82) is 0 Å². The first kappa shape index (κ1) is 24.5. The first-order valence-corrected chi connectivity index (χ1v) is 11.2. The molecule has 1 aliphatic heterocycles. The zero-order valence-corrected chi connectivity index (χ0v) is 18.7. The summed E-state index contributed by atoms with van der Waals surface area (Å²) in [5, 5.41) is 12.8. The van der Waals surface area contributed by atoms with E-state index >= 15 is 0 Å². The van der Waals surface area contributed by atoms with Crippen molar-refractivity contribution < 1.29 is 19.0 Å². The normalized spacial score (nSPS) is 15.7. The Balaban J connectivity index is 1.84. The van der Waals surface area contributed by atoms with Gasteiger partial charge in [-0.25, -0.2) is 9.37 Å². The lowest BCUT2D eigenvalue weighted by atomic mass is 9.92. The number of halogens is 1. The number of aromatic nitrogens is 1. The molecule has 0 saturated carbocycles. The molecule has 0 radical (unpaired) electrons. The first-order valence-electron chi connectivity index (χ1n) is 11.2. The van der Waals surface area contributed by atoms with Crippen LogP contribution in [0.2, 0.25) is 0 Å². The maximum absolute atomic E-state index is 13.2. The van der Waals surface area contributed by atoms with E-state index < -0.39 is 18.7 Å². The number of aliphatic carboxylic acids is 1. The fourth-order valence-electron chi connectivity index (χ4n) is 3.98. The highest BCUT2D eigenvalue weighted by Crippen LogP contribution is 2.20. The molecule has 0 bridgehead atoms. The van der Waals surface area contributed by atoms with Crippen molar-refractivity contribution in [3.8, 4) is 0 Å². The number of pyridine rings is 1. The van der Waals surface area contributed by atoms with Gasteiger partial charge in [-0.1, -0.05) is 19.9 Å². The second-order valence-electron chi connectivity index (χ2n) is 8.59. The van der Waals surface area contributed by atoms with E-state index in [2.05, 4.69) is 22.3 Å². The van der Waals surface area contributed by atoms with Crippen LogP contribution in [-0.2, 0) is 22.4 Å². The van der Waals surface area contributed by atoms with Crippen LogP contribution in [0.15, 0.2) is 12.1 Å². The van der Waals surface area contributed by atoms with Crippen LogP contribution in [0.3, 0.4) is 0 Å². The summed E-state index contributed by atoms with van der Waals surface area (Å²) in [6.07, 6.45) is 5.19. The van der Waals surface area contributed by atoms with E-state index in [-0.39, 0.29) is 11.8 Å². The molecule has 170 valence electrons. The van der Waals surface area contributed by atoms with E-state index in [0.717, 1.165) is 56.7 Å². The monoisotopic (exact) mass is 423 g/mol. The maximum atomic E-state index is 13.2. The molecule has 7 heteroatoms. The number of aryl methyl sites for hydroxylation is 2. The van der Waals surface area contributed by atoms with Crippen molar-refractivity contribution in [2.45, 2.75) is 58.5 Å². The number of alkyl halides is 1. The Morgan fingerprint density at radius 2 is 2.13 bits per heavy atom. The van der Waals surface area contributed by atoms with Crippen molar-refractivity contribution in [3.05, 3.63) is 23.4 Å². The summed E-state index contributed by atoms with van der Waals surface area (Å²) in [6, 6.07) is 4.30. The molecule has 2 unspecified atom stereocenters. The highest BCUT2D eigenvalue weighted by Gasteiger charge is 2.23.